The van der Waals surface area contributed by atoms with Crippen LogP contribution in [0.1, 0.15) is 22.4 Å². The van der Waals surface area contributed by atoms with E-state index in [1.54, 1.807) is 0 Å². The molecule has 0 aliphatic carbocycles. The van der Waals surface area contributed by atoms with E-state index in [1.165, 1.54) is 39.9 Å². The van der Waals surface area contributed by atoms with Gasteiger partial charge >= 0.3 is 0 Å². The van der Waals surface area contributed by atoms with Crippen LogP contribution >= 0.6 is 0 Å². The number of aryl methyl sites for hydroxylation is 1. The van der Waals surface area contributed by atoms with Crippen LogP contribution < -0.4 is 0 Å². The highest BCUT2D eigenvalue weighted by molar-refractivity contribution is 5.89. The van der Waals surface area contributed by atoms with E-state index in [-0.39, 0.29) is 5.82 Å². The number of aromatic nitrogens is 1. The van der Waals surface area contributed by atoms with E-state index < -0.39 is 0 Å². The average Bonchev–Trinajstić information content (AvgIpc) is 2.87. The summed E-state index contributed by atoms with van der Waals surface area (Å²) in [6, 6.07) is 13.3. The number of likely N-dealkylation sites (N-methyl/N-ethyl adjacent to an activating group) is 1. The van der Waals surface area contributed by atoms with Gasteiger partial charge in [0.15, 0.2) is 0 Å². The van der Waals surface area contributed by atoms with Gasteiger partial charge in [-0.15, -0.1) is 0 Å². The molecule has 4 rings (SSSR count). The summed E-state index contributed by atoms with van der Waals surface area (Å²) in [5.41, 5.74) is 6.38. The second kappa shape index (κ2) is 5.91. The average molecular weight is 320 g/mol. The van der Waals surface area contributed by atoms with Crippen molar-refractivity contribution in [3.8, 4) is 0 Å². The summed E-state index contributed by atoms with van der Waals surface area (Å²) in [5.74, 6) is -0.200. The minimum atomic E-state index is -0.200. The summed E-state index contributed by atoms with van der Waals surface area (Å²) in [5, 5.41) is 1.35. The first-order chi connectivity index (χ1) is 11.6. The highest BCUT2D eigenvalue weighted by Gasteiger charge is 2.21. The van der Waals surface area contributed by atoms with Gasteiger partial charge in [-0.3, -0.25) is 0 Å². The normalized spacial score (nSPS) is 15.3. The van der Waals surface area contributed by atoms with Crippen molar-refractivity contribution < 1.29 is 4.39 Å². The molecule has 0 saturated carbocycles. The molecule has 0 unspecified atom stereocenters. The van der Waals surface area contributed by atoms with Crippen molar-refractivity contribution in [1.82, 2.24) is 9.47 Å². The molecule has 1 aliphatic heterocycles. The van der Waals surface area contributed by atoms with E-state index >= 15 is 0 Å². The van der Waals surface area contributed by atoms with Gasteiger partial charge in [0.2, 0.25) is 0 Å². The predicted octanol–water partition coefficient (Wildman–Crippen LogP) is 4.70. The van der Waals surface area contributed by atoms with Crippen LogP contribution in [-0.2, 0) is 13.0 Å². The number of fused-ring (bicyclic) bond motifs is 3. The van der Waals surface area contributed by atoms with Gasteiger partial charge in [0.05, 0.1) is 5.52 Å². The molecule has 0 bridgehead atoms. The number of halogens is 1. The third-order valence-corrected chi connectivity index (χ3v) is 4.82. The van der Waals surface area contributed by atoms with Crippen LogP contribution in [0, 0.1) is 12.7 Å². The Balaban J connectivity index is 1.84. The summed E-state index contributed by atoms with van der Waals surface area (Å²) in [7, 11) is 2.18. The van der Waals surface area contributed by atoms with Crippen LogP contribution in [0.15, 0.2) is 42.5 Å². The van der Waals surface area contributed by atoms with Gasteiger partial charge in [-0.25, -0.2) is 4.39 Å². The largest absolute Gasteiger partial charge is 0.320 e. The van der Waals surface area contributed by atoms with E-state index in [0.717, 1.165) is 25.1 Å². The van der Waals surface area contributed by atoms with Crippen LogP contribution in [0.2, 0.25) is 0 Å². The van der Waals surface area contributed by atoms with Gasteiger partial charge < -0.3 is 9.47 Å². The van der Waals surface area contributed by atoms with Gasteiger partial charge in [-0.2, -0.15) is 0 Å². The SMILES string of the molecule is Cc1ccc2c(c1)c1c(n2/C=C/c2ccc(F)cc2)CCN(C)C1. The molecule has 3 aromatic rings. The van der Waals surface area contributed by atoms with Crippen LogP contribution in [0.4, 0.5) is 4.39 Å². The summed E-state index contributed by atoms with van der Waals surface area (Å²) in [4.78, 5) is 2.37. The first-order valence-corrected chi connectivity index (χ1v) is 8.36. The third-order valence-electron chi connectivity index (χ3n) is 4.82. The Morgan fingerprint density at radius 2 is 1.88 bits per heavy atom. The van der Waals surface area contributed by atoms with Crippen molar-refractivity contribution in [2.24, 2.45) is 0 Å². The van der Waals surface area contributed by atoms with E-state index in [2.05, 4.69) is 53.9 Å². The molecule has 2 aromatic carbocycles. The maximum absolute atomic E-state index is 13.1. The Labute approximate surface area is 141 Å². The van der Waals surface area contributed by atoms with Crippen molar-refractivity contribution in [3.05, 3.63) is 70.7 Å². The molecule has 122 valence electrons. The minimum Gasteiger partial charge on any atom is -0.320 e. The number of rotatable bonds is 2. The first-order valence-electron chi connectivity index (χ1n) is 8.36. The molecule has 3 heteroatoms. The van der Waals surface area contributed by atoms with Crippen LogP contribution in [0.3, 0.4) is 0 Å². The molecule has 0 spiro atoms. The third kappa shape index (κ3) is 2.65. The lowest BCUT2D eigenvalue weighted by atomic mass is 10.0. The van der Waals surface area contributed by atoms with Crippen molar-refractivity contribution >= 4 is 23.2 Å². The highest BCUT2D eigenvalue weighted by atomic mass is 19.1. The Hall–Kier alpha value is -2.39. The molecular weight excluding hydrogens is 299 g/mol. The van der Waals surface area contributed by atoms with Crippen molar-refractivity contribution in [2.45, 2.75) is 19.9 Å². The zero-order valence-electron chi connectivity index (χ0n) is 14.1. The maximum Gasteiger partial charge on any atom is 0.123 e. The Bertz CT molecular complexity index is 919. The lowest BCUT2D eigenvalue weighted by Gasteiger charge is -2.23. The van der Waals surface area contributed by atoms with Crippen LogP contribution in [-0.4, -0.2) is 23.1 Å². The predicted molar refractivity (Wildman–Crippen MR) is 98.3 cm³/mol. The van der Waals surface area contributed by atoms with E-state index in [9.17, 15) is 4.39 Å². The maximum atomic E-state index is 13.1. The number of hydrogen-bond acceptors (Lipinski definition) is 1. The van der Waals surface area contributed by atoms with Gasteiger partial charge in [-0.1, -0.05) is 23.8 Å². The molecule has 0 amide bonds. The Morgan fingerprint density at radius 3 is 2.67 bits per heavy atom. The lowest BCUT2D eigenvalue weighted by Crippen LogP contribution is -2.26. The number of hydrogen-bond donors (Lipinski definition) is 0. The fourth-order valence-electron chi connectivity index (χ4n) is 3.55. The molecule has 1 aliphatic rings. The van der Waals surface area contributed by atoms with E-state index in [4.69, 9.17) is 0 Å². The van der Waals surface area contributed by atoms with Gasteiger partial charge in [-0.05, 0) is 55.4 Å². The molecular formula is C21H21FN2. The fourth-order valence-corrected chi connectivity index (χ4v) is 3.55. The second-order valence-electron chi connectivity index (χ2n) is 6.67. The van der Waals surface area contributed by atoms with Gasteiger partial charge in [0.25, 0.3) is 0 Å². The molecule has 0 atom stereocenters. The molecule has 0 N–H and O–H groups in total. The Morgan fingerprint density at radius 1 is 1.08 bits per heavy atom. The molecule has 2 heterocycles. The second-order valence-corrected chi connectivity index (χ2v) is 6.67. The molecule has 2 nitrogen and oxygen atoms in total. The molecule has 24 heavy (non-hydrogen) atoms. The number of nitrogens with zero attached hydrogens (tertiary/aromatic N) is 2. The first kappa shape index (κ1) is 15.2. The quantitative estimate of drug-likeness (QED) is 0.664. The minimum absolute atomic E-state index is 0.200. The summed E-state index contributed by atoms with van der Waals surface area (Å²) < 4.78 is 15.4. The topological polar surface area (TPSA) is 8.17 Å². The standard InChI is InChI=1S/C21H21FN2/c1-15-3-8-20-18(13-15)19-14-23(2)11-10-21(19)24(20)12-9-16-4-6-17(22)7-5-16/h3-9,12-13H,10-11,14H2,1-2H3/b12-9+. The summed E-state index contributed by atoms with van der Waals surface area (Å²) in [6.07, 6.45) is 5.22. The van der Waals surface area contributed by atoms with Crippen molar-refractivity contribution in [2.75, 3.05) is 13.6 Å². The van der Waals surface area contributed by atoms with Gasteiger partial charge in [0, 0.05) is 36.8 Å². The Kier molecular flexibility index (Phi) is 3.73. The molecule has 0 fully saturated rings. The smallest absolute Gasteiger partial charge is 0.123 e. The zero-order chi connectivity index (χ0) is 16.7. The molecule has 0 radical (unpaired) electrons. The number of benzene rings is 2. The zero-order valence-corrected chi connectivity index (χ0v) is 14.1. The molecule has 0 saturated heterocycles. The summed E-state index contributed by atoms with van der Waals surface area (Å²) in [6.45, 7) is 4.21. The molecule has 1 aromatic heterocycles. The van der Waals surface area contributed by atoms with Crippen molar-refractivity contribution in [3.63, 3.8) is 0 Å². The van der Waals surface area contributed by atoms with Crippen LogP contribution in [0.25, 0.3) is 23.2 Å². The monoisotopic (exact) mass is 320 g/mol. The van der Waals surface area contributed by atoms with Crippen LogP contribution in [0.5, 0.6) is 0 Å². The summed E-state index contributed by atoms with van der Waals surface area (Å²) >= 11 is 0. The lowest BCUT2D eigenvalue weighted by molar-refractivity contribution is 0.312. The van der Waals surface area contributed by atoms with E-state index in [1.807, 2.05) is 12.1 Å². The highest BCUT2D eigenvalue weighted by Crippen LogP contribution is 2.31. The van der Waals surface area contributed by atoms with Crippen molar-refractivity contribution in [1.29, 1.82) is 0 Å². The fraction of sp³-hybridized carbons (Fsp3) is 0.238. The van der Waals surface area contributed by atoms with E-state index in [0.29, 0.717) is 0 Å². The van der Waals surface area contributed by atoms with Gasteiger partial charge in [0.1, 0.15) is 5.82 Å².